The minimum atomic E-state index is -0.269. The summed E-state index contributed by atoms with van der Waals surface area (Å²) in [6, 6.07) is 10.5. The van der Waals surface area contributed by atoms with Crippen molar-refractivity contribution in [2.75, 3.05) is 26.7 Å². The average molecular weight is 506 g/mol. The molecule has 3 aliphatic heterocycles. The van der Waals surface area contributed by atoms with Crippen LogP contribution in [0.4, 0.5) is 4.39 Å². The van der Waals surface area contributed by atoms with E-state index >= 15 is 0 Å². The second kappa shape index (κ2) is 11.0. The molecule has 0 aliphatic carbocycles. The summed E-state index contributed by atoms with van der Waals surface area (Å²) in [5, 5.41) is 7.83. The van der Waals surface area contributed by atoms with Crippen molar-refractivity contribution >= 4 is 22.6 Å². The van der Waals surface area contributed by atoms with Gasteiger partial charge in [0.1, 0.15) is 11.6 Å². The van der Waals surface area contributed by atoms with Crippen LogP contribution in [-0.2, 0) is 9.59 Å². The van der Waals surface area contributed by atoms with Crippen molar-refractivity contribution in [2.45, 2.75) is 57.4 Å². The van der Waals surface area contributed by atoms with Crippen LogP contribution in [0, 0.1) is 11.2 Å². The fraction of sp³-hybridized carbons (Fsp3) is 0.483. The molecule has 3 fully saturated rings. The summed E-state index contributed by atoms with van der Waals surface area (Å²) in [6.45, 7) is 2.98. The zero-order valence-electron chi connectivity index (χ0n) is 21.5. The molecule has 2 aromatic carbocycles. The van der Waals surface area contributed by atoms with E-state index in [1.54, 1.807) is 13.1 Å². The number of unbranched alkanes of at least 4 members (excludes halogenated alkanes) is 2. The van der Waals surface area contributed by atoms with E-state index in [4.69, 9.17) is 0 Å². The van der Waals surface area contributed by atoms with Crippen LogP contribution in [0.1, 0.15) is 63.2 Å². The number of carbonyl (C=O) groups is 2. The topological polar surface area (TPSA) is 90.1 Å². The van der Waals surface area contributed by atoms with Crippen LogP contribution in [0.3, 0.4) is 0 Å². The van der Waals surface area contributed by atoms with Gasteiger partial charge in [0, 0.05) is 19.0 Å². The van der Waals surface area contributed by atoms with Gasteiger partial charge in [0.25, 0.3) is 0 Å². The highest BCUT2D eigenvalue weighted by Crippen LogP contribution is 2.41. The number of rotatable bonds is 10. The maximum absolute atomic E-state index is 13.6. The Labute approximate surface area is 217 Å². The first kappa shape index (κ1) is 25.4. The Hall–Kier alpha value is -3.26. The van der Waals surface area contributed by atoms with Gasteiger partial charge in [-0.05, 0) is 80.7 Å². The first-order valence-electron chi connectivity index (χ1n) is 13.4. The summed E-state index contributed by atoms with van der Waals surface area (Å²) in [4.78, 5) is 35.7. The van der Waals surface area contributed by atoms with Gasteiger partial charge in [0.15, 0.2) is 0 Å². The maximum Gasteiger partial charge on any atom is 0.226 e. The average Bonchev–Trinajstić information content (AvgIpc) is 3.43. The highest BCUT2D eigenvalue weighted by molar-refractivity contribution is 5.87. The lowest BCUT2D eigenvalue weighted by Gasteiger charge is -2.47. The molecule has 0 radical (unpaired) electrons. The molecule has 3 N–H and O–H groups in total. The van der Waals surface area contributed by atoms with E-state index < -0.39 is 0 Å². The number of benzene rings is 2. The number of hydrogen-bond acceptors (Lipinski definition) is 4. The SMILES string of the molecule is CNC(=O)CCCCC[C@H](NC(=O)C12CCN(CC1)CC2)c1ncc(-c2ccc3cc(F)ccc3c2)[nH]1. The molecule has 6 rings (SSSR count). The largest absolute Gasteiger partial charge is 0.359 e. The predicted molar refractivity (Wildman–Crippen MR) is 142 cm³/mol. The summed E-state index contributed by atoms with van der Waals surface area (Å²) in [6.07, 6.45) is 8.45. The third-order valence-corrected chi connectivity index (χ3v) is 8.22. The maximum atomic E-state index is 13.6. The summed E-state index contributed by atoms with van der Waals surface area (Å²) < 4.78 is 13.6. The molecule has 196 valence electrons. The van der Waals surface area contributed by atoms with Crippen LogP contribution in [-0.4, -0.2) is 53.4 Å². The normalized spacial score (nSPS) is 21.6. The quantitative estimate of drug-likeness (QED) is 0.348. The number of nitrogens with one attached hydrogen (secondary N) is 3. The molecule has 2 bridgehead atoms. The number of aromatic nitrogens is 2. The Balaban J connectivity index is 1.32. The molecule has 0 unspecified atom stereocenters. The van der Waals surface area contributed by atoms with Gasteiger partial charge in [-0.3, -0.25) is 9.59 Å². The van der Waals surface area contributed by atoms with Gasteiger partial charge in [-0.2, -0.15) is 0 Å². The van der Waals surface area contributed by atoms with Crippen LogP contribution in [0.25, 0.3) is 22.0 Å². The second-order valence-corrected chi connectivity index (χ2v) is 10.6. The van der Waals surface area contributed by atoms with Gasteiger partial charge < -0.3 is 20.5 Å². The molecule has 0 spiro atoms. The number of imidazole rings is 1. The van der Waals surface area contributed by atoms with E-state index in [9.17, 15) is 14.0 Å². The van der Waals surface area contributed by atoms with Crippen molar-refractivity contribution in [3.05, 3.63) is 54.2 Å². The van der Waals surface area contributed by atoms with E-state index in [0.29, 0.717) is 6.42 Å². The van der Waals surface area contributed by atoms with E-state index in [-0.39, 0.29) is 29.1 Å². The lowest BCUT2D eigenvalue weighted by atomic mass is 9.71. The number of nitrogens with zero attached hydrogens (tertiary/aromatic N) is 2. The molecule has 37 heavy (non-hydrogen) atoms. The molecule has 0 saturated carbocycles. The number of carbonyl (C=O) groups excluding carboxylic acids is 2. The number of halogens is 1. The summed E-state index contributed by atoms with van der Waals surface area (Å²) in [5.74, 6) is 0.703. The molecule has 1 atom stereocenters. The van der Waals surface area contributed by atoms with Crippen LogP contribution >= 0.6 is 0 Å². The van der Waals surface area contributed by atoms with Crippen molar-refractivity contribution in [3.63, 3.8) is 0 Å². The van der Waals surface area contributed by atoms with Crippen molar-refractivity contribution in [1.29, 1.82) is 0 Å². The third kappa shape index (κ3) is 5.69. The van der Waals surface area contributed by atoms with Gasteiger partial charge >= 0.3 is 0 Å². The van der Waals surface area contributed by atoms with Gasteiger partial charge in [-0.15, -0.1) is 0 Å². The standard InChI is InChI=1S/C29H36FN5O2/c1-31-26(36)6-4-2-3-5-24(34-28(37)29-11-14-35(15-12-29)16-13-29)27-32-19-25(33-27)22-8-7-21-18-23(30)10-9-20(21)17-22/h7-10,17-19,24H,2-6,11-16H2,1H3,(H,31,36)(H,32,33)(H,34,37)/t24-/m0/s1. The van der Waals surface area contributed by atoms with Crippen molar-refractivity contribution in [2.24, 2.45) is 5.41 Å². The Bertz CT molecular complexity index is 1250. The lowest BCUT2D eigenvalue weighted by Crippen LogP contribution is -2.55. The smallest absolute Gasteiger partial charge is 0.226 e. The number of aromatic amines is 1. The van der Waals surface area contributed by atoms with Crippen LogP contribution in [0.5, 0.6) is 0 Å². The summed E-state index contributed by atoms with van der Waals surface area (Å²) >= 11 is 0. The second-order valence-electron chi connectivity index (χ2n) is 10.6. The third-order valence-electron chi connectivity index (χ3n) is 8.22. The van der Waals surface area contributed by atoms with E-state index in [2.05, 4.69) is 25.5 Å². The van der Waals surface area contributed by atoms with E-state index in [1.165, 1.54) is 12.1 Å². The van der Waals surface area contributed by atoms with Gasteiger partial charge in [0.05, 0.1) is 23.3 Å². The first-order chi connectivity index (χ1) is 18.0. The number of fused-ring (bicyclic) bond motifs is 4. The van der Waals surface area contributed by atoms with Crippen molar-refractivity contribution in [3.8, 4) is 11.3 Å². The van der Waals surface area contributed by atoms with E-state index in [0.717, 1.165) is 92.4 Å². The minimum Gasteiger partial charge on any atom is -0.359 e. The Morgan fingerprint density at radius 3 is 2.54 bits per heavy atom. The predicted octanol–water partition coefficient (Wildman–Crippen LogP) is 4.71. The highest BCUT2D eigenvalue weighted by Gasteiger charge is 2.45. The molecule has 2 amide bonds. The molecule has 1 aromatic heterocycles. The number of piperidine rings is 3. The first-order valence-corrected chi connectivity index (χ1v) is 13.4. The van der Waals surface area contributed by atoms with Crippen molar-refractivity contribution in [1.82, 2.24) is 25.5 Å². The van der Waals surface area contributed by atoms with Crippen LogP contribution < -0.4 is 10.6 Å². The van der Waals surface area contributed by atoms with E-state index in [1.807, 2.05) is 24.4 Å². The summed E-state index contributed by atoms with van der Waals surface area (Å²) in [5.41, 5.74) is 1.56. The Morgan fingerprint density at radius 1 is 1.05 bits per heavy atom. The van der Waals surface area contributed by atoms with Crippen LogP contribution in [0.15, 0.2) is 42.6 Å². The monoisotopic (exact) mass is 505 g/mol. The molecule has 7 nitrogen and oxygen atoms in total. The molecule has 3 aliphatic rings. The number of hydrogen-bond donors (Lipinski definition) is 3. The molecular weight excluding hydrogens is 469 g/mol. The zero-order chi connectivity index (χ0) is 25.8. The van der Waals surface area contributed by atoms with Gasteiger partial charge in [-0.1, -0.05) is 31.0 Å². The minimum absolute atomic E-state index is 0.0568. The Kier molecular flexibility index (Phi) is 7.55. The molecular formula is C29H36FN5O2. The van der Waals surface area contributed by atoms with Crippen LogP contribution in [0.2, 0.25) is 0 Å². The molecule has 3 aromatic rings. The fourth-order valence-corrected chi connectivity index (χ4v) is 5.74. The number of amides is 2. The number of H-pyrrole nitrogens is 1. The van der Waals surface area contributed by atoms with Crippen molar-refractivity contribution < 1.29 is 14.0 Å². The van der Waals surface area contributed by atoms with Gasteiger partial charge in [-0.25, -0.2) is 9.37 Å². The summed E-state index contributed by atoms with van der Waals surface area (Å²) in [7, 11) is 1.66. The zero-order valence-corrected chi connectivity index (χ0v) is 21.5. The molecule has 3 saturated heterocycles. The lowest BCUT2D eigenvalue weighted by molar-refractivity contribution is -0.139. The highest BCUT2D eigenvalue weighted by atomic mass is 19.1. The molecule has 8 heteroatoms. The Morgan fingerprint density at radius 2 is 1.78 bits per heavy atom. The fourth-order valence-electron chi connectivity index (χ4n) is 5.74. The molecule has 4 heterocycles. The van der Waals surface area contributed by atoms with Gasteiger partial charge in [0.2, 0.25) is 11.8 Å².